The molecule has 2 heteroatoms. The van der Waals surface area contributed by atoms with Crippen molar-refractivity contribution in [2.24, 2.45) is 5.41 Å². The van der Waals surface area contributed by atoms with Crippen molar-refractivity contribution in [3.63, 3.8) is 0 Å². The van der Waals surface area contributed by atoms with E-state index in [9.17, 15) is 9.90 Å². The molecule has 0 saturated heterocycles. The number of rotatable bonds is 0. The van der Waals surface area contributed by atoms with Gasteiger partial charge in [-0.15, -0.1) is 0 Å². The smallest absolute Gasteiger partial charge is 0.161 e. The number of hydrogen-bond acceptors (Lipinski definition) is 2. The minimum atomic E-state index is -0.806. The van der Waals surface area contributed by atoms with Crippen molar-refractivity contribution in [3.8, 4) is 0 Å². The number of fused-ring (bicyclic) bond motifs is 2. The van der Waals surface area contributed by atoms with Crippen LogP contribution in [0.1, 0.15) is 59.3 Å². The first kappa shape index (κ1) is 11.8. The summed E-state index contributed by atoms with van der Waals surface area (Å²) >= 11 is 0. The molecule has 0 radical (unpaired) electrons. The van der Waals surface area contributed by atoms with Crippen molar-refractivity contribution in [1.29, 1.82) is 0 Å². The van der Waals surface area contributed by atoms with Gasteiger partial charge in [0.25, 0.3) is 0 Å². The summed E-state index contributed by atoms with van der Waals surface area (Å²) in [5, 5.41) is 10.8. The molecule has 1 saturated carbocycles. The third kappa shape index (κ3) is 1.55. The van der Waals surface area contributed by atoms with E-state index < -0.39 is 5.60 Å². The molecule has 16 heavy (non-hydrogen) atoms. The largest absolute Gasteiger partial charge is 0.389 e. The van der Waals surface area contributed by atoms with Crippen LogP contribution in [0.5, 0.6) is 0 Å². The number of carbonyl (C=O) groups excluding carboxylic acids is 1. The number of carbonyl (C=O) groups is 1. The Bertz CT molecular complexity index is 352. The normalized spacial score (nSPS) is 34.6. The molecular formula is C14H22O2. The maximum Gasteiger partial charge on any atom is 0.161 e. The summed E-state index contributed by atoms with van der Waals surface area (Å²) in [5.41, 5.74) is 1.08. The minimum absolute atomic E-state index is 0.152. The molecule has 90 valence electrons. The van der Waals surface area contributed by atoms with Gasteiger partial charge < -0.3 is 5.11 Å². The number of ketones is 1. The average molecular weight is 222 g/mol. The summed E-state index contributed by atoms with van der Waals surface area (Å²) < 4.78 is 0. The maximum absolute atomic E-state index is 11.9. The van der Waals surface area contributed by atoms with Crippen molar-refractivity contribution < 1.29 is 9.90 Å². The number of allylic oxidation sites excluding steroid dienone is 1. The van der Waals surface area contributed by atoms with Crippen LogP contribution in [0.25, 0.3) is 0 Å². The molecule has 0 heterocycles. The van der Waals surface area contributed by atoms with Crippen LogP contribution in [0.15, 0.2) is 11.1 Å². The molecule has 0 aromatic rings. The van der Waals surface area contributed by atoms with Gasteiger partial charge in [0, 0.05) is 11.8 Å². The Morgan fingerprint density at radius 2 is 1.88 bits per heavy atom. The van der Waals surface area contributed by atoms with Crippen LogP contribution in [0.3, 0.4) is 0 Å². The van der Waals surface area contributed by atoms with Gasteiger partial charge in [0.05, 0.1) is 5.60 Å². The Labute approximate surface area is 97.7 Å². The van der Waals surface area contributed by atoms with Gasteiger partial charge in [0.15, 0.2) is 5.78 Å². The van der Waals surface area contributed by atoms with E-state index in [1.54, 1.807) is 0 Å². The third-order valence-electron chi connectivity index (χ3n) is 4.76. The Hall–Kier alpha value is -0.630. The van der Waals surface area contributed by atoms with Gasteiger partial charge in [0.2, 0.25) is 0 Å². The Balaban J connectivity index is 2.53. The summed E-state index contributed by atoms with van der Waals surface area (Å²) in [4.78, 5) is 11.9. The molecule has 2 aliphatic rings. The fourth-order valence-electron chi connectivity index (χ4n) is 3.33. The van der Waals surface area contributed by atoms with Crippen LogP contribution in [-0.4, -0.2) is 16.5 Å². The molecule has 1 unspecified atom stereocenters. The average Bonchev–Trinajstić information content (AvgIpc) is 2.19. The monoisotopic (exact) mass is 222 g/mol. The lowest BCUT2D eigenvalue weighted by atomic mass is 9.58. The summed E-state index contributed by atoms with van der Waals surface area (Å²) in [6, 6.07) is 0. The van der Waals surface area contributed by atoms with E-state index in [2.05, 4.69) is 13.8 Å². The lowest BCUT2D eigenvalue weighted by Crippen LogP contribution is -2.51. The van der Waals surface area contributed by atoms with E-state index in [4.69, 9.17) is 0 Å². The molecular weight excluding hydrogens is 200 g/mol. The highest BCUT2D eigenvalue weighted by molar-refractivity contribution is 5.97. The standard InChI is InChI=1S/C14H22O2/c1-10-11-7-5-4-6-8-14(16,9-12(10)15)13(11,2)3/h16H,4-9H2,1-3H3. The van der Waals surface area contributed by atoms with Gasteiger partial charge in [-0.3, -0.25) is 4.79 Å². The topological polar surface area (TPSA) is 37.3 Å². The fraction of sp³-hybridized carbons (Fsp3) is 0.786. The molecule has 0 aromatic heterocycles. The number of aliphatic hydroxyl groups is 1. The SMILES string of the molecule is CC1=C2CCCCCC(O)(CC1=O)C2(C)C. The zero-order valence-electron chi connectivity index (χ0n) is 10.6. The predicted molar refractivity (Wildman–Crippen MR) is 64.1 cm³/mol. The van der Waals surface area contributed by atoms with E-state index in [1.165, 1.54) is 12.0 Å². The van der Waals surface area contributed by atoms with Gasteiger partial charge in [-0.1, -0.05) is 32.3 Å². The fourth-order valence-corrected chi connectivity index (χ4v) is 3.33. The second kappa shape index (κ2) is 3.69. The quantitative estimate of drug-likeness (QED) is 0.684. The zero-order valence-corrected chi connectivity index (χ0v) is 10.6. The summed E-state index contributed by atoms with van der Waals surface area (Å²) in [5.74, 6) is 0.152. The van der Waals surface area contributed by atoms with Gasteiger partial charge in [-0.25, -0.2) is 0 Å². The lowest BCUT2D eigenvalue weighted by molar-refractivity contribution is -0.131. The summed E-state index contributed by atoms with van der Waals surface area (Å²) in [6.45, 7) is 6.13. The van der Waals surface area contributed by atoms with E-state index in [0.29, 0.717) is 6.42 Å². The van der Waals surface area contributed by atoms with Crippen molar-refractivity contribution in [1.82, 2.24) is 0 Å². The second-order valence-electron chi connectivity index (χ2n) is 5.92. The van der Waals surface area contributed by atoms with Crippen LogP contribution >= 0.6 is 0 Å². The number of hydrogen-bond donors (Lipinski definition) is 1. The highest BCUT2D eigenvalue weighted by Crippen LogP contribution is 2.51. The van der Waals surface area contributed by atoms with Crippen molar-refractivity contribution in [2.75, 3.05) is 0 Å². The van der Waals surface area contributed by atoms with E-state index in [-0.39, 0.29) is 11.2 Å². The second-order valence-corrected chi connectivity index (χ2v) is 5.92. The van der Waals surface area contributed by atoms with Crippen LogP contribution in [0.4, 0.5) is 0 Å². The van der Waals surface area contributed by atoms with Crippen molar-refractivity contribution >= 4 is 5.78 Å². The Kier molecular flexibility index (Phi) is 2.73. The van der Waals surface area contributed by atoms with E-state index in [0.717, 1.165) is 31.3 Å². The Morgan fingerprint density at radius 1 is 1.19 bits per heavy atom. The van der Waals surface area contributed by atoms with E-state index in [1.807, 2.05) is 6.92 Å². The molecule has 0 aromatic carbocycles. The van der Waals surface area contributed by atoms with Crippen molar-refractivity contribution in [2.45, 2.75) is 64.9 Å². The molecule has 0 aliphatic heterocycles. The first-order chi connectivity index (χ1) is 7.38. The molecule has 2 rings (SSSR count). The molecule has 0 spiro atoms. The lowest BCUT2D eigenvalue weighted by Gasteiger charge is -2.49. The number of Topliss-reactive ketones (excluding diaryl/α,β-unsaturated/α-hetero) is 1. The van der Waals surface area contributed by atoms with Crippen LogP contribution in [0, 0.1) is 5.41 Å². The minimum Gasteiger partial charge on any atom is -0.389 e. The third-order valence-corrected chi connectivity index (χ3v) is 4.76. The molecule has 1 N–H and O–H groups in total. The predicted octanol–water partition coefficient (Wildman–Crippen LogP) is 3.00. The van der Waals surface area contributed by atoms with Gasteiger partial charge in [0.1, 0.15) is 0 Å². The highest BCUT2D eigenvalue weighted by atomic mass is 16.3. The van der Waals surface area contributed by atoms with Crippen LogP contribution in [-0.2, 0) is 4.79 Å². The summed E-state index contributed by atoms with van der Waals surface area (Å²) in [6.07, 6.45) is 5.42. The van der Waals surface area contributed by atoms with E-state index >= 15 is 0 Å². The first-order valence-electron chi connectivity index (χ1n) is 6.34. The molecule has 1 atom stereocenters. The van der Waals surface area contributed by atoms with Gasteiger partial charge in [-0.2, -0.15) is 0 Å². The van der Waals surface area contributed by atoms with Gasteiger partial charge in [-0.05, 0) is 31.8 Å². The molecule has 1 fully saturated rings. The van der Waals surface area contributed by atoms with Crippen molar-refractivity contribution in [3.05, 3.63) is 11.1 Å². The summed E-state index contributed by atoms with van der Waals surface area (Å²) in [7, 11) is 0. The first-order valence-corrected chi connectivity index (χ1v) is 6.34. The molecule has 0 amide bonds. The Morgan fingerprint density at radius 3 is 2.56 bits per heavy atom. The molecule has 2 aliphatic carbocycles. The van der Waals surface area contributed by atoms with Gasteiger partial charge >= 0.3 is 0 Å². The molecule has 2 bridgehead atoms. The van der Waals surface area contributed by atoms with Crippen LogP contribution in [0.2, 0.25) is 0 Å². The van der Waals surface area contributed by atoms with Crippen LogP contribution < -0.4 is 0 Å². The maximum atomic E-state index is 11.9. The highest BCUT2D eigenvalue weighted by Gasteiger charge is 2.50. The zero-order chi connectivity index (χ0) is 12.0. The molecule has 2 nitrogen and oxygen atoms in total.